The largest absolute Gasteiger partial charge is 0.383 e. The fourth-order valence-electron chi connectivity index (χ4n) is 2.03. The van der Waals surface area contributed by atoms with Crippen molar-refractivity contribution in [3.8, 4) is 0 Å². The molecule has 19 heavy (non-hydrogen) atoms. The number of hydrogen-bond donors (Lipinski definition) is 1. The fourth-order valence-corrected chi connectivity index (χ4v) is 3.05. The molecule has 4 heteroatoms. The molecule has 0 amide bonds. The maximum absolute atomic E-state index is 5.20. The van der Waals surface area contributed by atoms with Gasteiger partial charge in [0.05, 0.1) is 6.61 Å². The molecule has 1 aromatic heterocycles. The van der Waals surface area contributed by atoms with Crippen molar-refractivity contribution in [1.82, 2.24) is 10.2 Å². The van der Waals surface area contributed by atoms with Gasteiger partial charge in [-0.1, -0.05) is 6.92 Å². The van der Waals surface area contributed by atoms with Crippen molar-refractivity contribution in [3.63, 3.8) is 0 Å². The van der Waals surface area contributed by atoms with Gasteiger partial charge in [0.2, 0.25) is 0 Å². The molecule has 1 aromatic rings. The van der Waals surface area contributed by atoms with E-state index in [4.69, 9.17) is 4.74 Å². The predicted octanol–water partition coefficient (Wildman–Crippen LogP) is 3.02. The van der Waals surface area contributed by atoms with Crippen molar-refractivity contribution in [2.75, 3.05) is 26.8 Å². The molecule has 110 valence electrons. The highest BCUT2D eigenvalue weighted by Gasteiger charge is 2.13. The zero-order valence-electron chi connectivity index (χ0n) is 13.0. The van der Waals surface area contributed by atoms with E-state index in [0.29, 0.717) is 6.04 Å². The van der Waals surface area contributed by atoms with Crippen molar-refractivity contribution < 1.29 is 4.74 Å². The van der Waals surface area contributed by atoms with Crippen molar-refractivity contribution >= 4 is 11.3 Å². The van der Waals surface area contributed by atoms with Gasteiger partial charge in [-0.05, 0) is 38.9 Å². The maximum atomic E-state index is 5.20. The molecule has 0 saturated carbocycles. The predicted molar refractivity (Wildman–Crippen MR) is 83.9 cm³/mol. The summed E-state index contributed by atoms with van der Waals surface area (Å²) in [6, 6.07) is 2.90. The molecular formula is C15H28N2OS. The number of methoxy groups -OCH3 is 1. The number of hydrogen-bond acceptors (Lipinski definition) is 4. The third kappa shape index (κ3) is 5.61. The minimum atomic E-state index is 0.548. The second kappa shape index (κ2) is 8.69. The van der Waals surface area contributed by atoms with Crippen LogP contribution in [0.15, 0.2) is 6.07 Å². The van der Waals surface area contributed by atoms with Gasteiger partial charge < -0.3 is 10.1 Å². The lowest BCUT2D eigenvalue weighted by atomic mass is 10.2. The van der Waals surface area contributed by atoms with Gasteiger partial charge in [0, 0.05) is 42.5 Å². The minimum Gasteiger partial charge on any atom is -0.383 e. The Morgan fingerprint density at radius 3 is 2.74 bits per heavy atom. The highest BCUT2D eigenvalue weighted by atomic mass is 32.1. The number of rotatable bonds is 9. The second-order valence-corrected chi connectivity index (χ2v) is 6.47. The molecule has 0 saturated heterocycles. The topological polar surface area (TPSA) is 24.5 Å². The lowest BCUT2D eigenvalue weighted by Crippen LogP contribution is -2.33. The van der Waals surface area contributed by atoms with E-state index in [1.165, 1.54) is 15.3 Å². The van der Waals surface area contributed by atoms with Gasteiger partial charge in [-0.2, -0.15) is 0 Å². The summed E-state index contributed by atoms with van der Waals surface area (Å²) < 4.78 is 5.20. The van der Waals surface area contributed by atoms with Gasteiger partial charge in [0.25, 0.3) is 0 Å². The molecule has 0 aliphatic carbocycles. The van der Waals surface area contributed by atoms with Crippen LogP contribution in [-0.4, -0.2) is 37.7 Å². The quantitative estimate of drug-likeness (QED) is 0.754. The van der Waals surface area contributed by atoms with Crippen LogP contribution in [0, 0.1) is 6.92 Å². The fraction of sp³-hybridized carbons (Fsp3) is 0.733. The Labute approximate surface area is 122 Å². The summed E-state index contributed by atoms with van der Waals surface area (Å²) in [7, 11) is 1.77. The Balaban J connectivity index is 2.64. The van der Waals surface area contributed by atoms with E-state index in [-0.39, 0.29) is 0 Å². The maximum Gasteiger partial charge on any atom is 0.0589 e. The van der Waals surface area contributed by atoms with E-state index in [2.05, 4.69) is 44.0 Å². The zero-order chi connectivity index (χ0) is 14.3. The Morgan fingerprint density at radius 2 is 2.16 bits per heavy atom. The number of thiophene rings is 1. The Bertz CT molecular complexity index is 363. The number of nitrogens with zero attached hydrogens (tertiary/aromatic N) is 1. The summed E-state index contributed by atoms with van der Waals surface area (Å²) in [4.78, 5) is 5.34. The van der Waals surface area contributed by atoms with Gasteiger partial charge in [0.1, 0.15) is 0 Å². The highest BCUT2D eigenvalue weighted by Crippen LogP contribution is 2.23. The Hall–Kier alpha value is -0.420. The summed E-state index contributed by atoms with van der Waals surface area (Å²) in [6.45, 7) is 13.7. The molecule has 1 N–H and O–H groups in total. The van der Waals surface area contributed by atoms with Crippen molar-refractivity contribution in [2.45, 2.75) is 46.8 Å². The van der Waals surface area contributed by atoms with Crippen LogP contribution in [0.25, 0.3) is 0 Å². The molecule has 1 rings (SSSR count). The van der Waals surface area contributed by atoms with Crippen LogP contribution in [0.2, 0.25) is 0 Å². The molecule has 3 nitrogen and oxygen atoms in total. The van der Waals surface area contributed by atoms with Crippen LogP contribution >= 0.6 is 11.3 Å². The molecule has 0 bridgehead atoms. The van der Waals surface area contributed by atoms with Crippen LogP contribution < -0.4 is 5.32 Å². The molecule has 1 heterocycles. The summed E-state index contributed by atoms with van der Waals surface area (Å²) in [5, 5.41) is 3.39. The molecule has 0 spiro atoms. The Kier molecular flexibility index (Phi) is 7.61. The lowest BCUT2D eigenvalue weighted by molar-refractivity contribution is 0.125. The standard InChI is InChI=1S/C15H28N2OS/c1-6-16-10-15-9-14(13(4)19-15)11-17(12(2)3)7-8-18-5/h9,12,16H,6-8,10-11H2,1-5H3. The minimum absolute atomic E-state index is 0.548. The van der Waals surface area contributed by atoms with Crippen LogP contribution in [0.5, 0.6) is 0 Å². The third-order valence-corrected chi connectivity index (χ3v) is 4.40. The molecule has 0 atom stereocenters. The van der Waals surface area contributed by atoms with Crippen LogP contribution in [0.1, 0.15) is 36.1 Å². The first kappa shape index (κ1) is 16.6. The molecule has 0 aromatic carbocycles. The van der Waals surface area contributed by atoms with Gasteiger partial charge in [-0.25, -0.2) is 0 Å². The van der Waals surface area contributed by atoms with Gasteiger partial charge in [0.15, 0.2) is 0 Å². The van der Waals surface area contributed by atoms with E-state index < -0.39 is 0 Å². The molecule has 0 aliphatic rings. The number of nitrogens with one attached hydrogen (secondary N) is 1. The SMILES string of the molecule is CCNCc1cc(CN(CCOC)C(C)C)c(C)s1. The smallest absolute Gasteiger partial charge is 0.0589 e. The second-order valence-electron chi connectivity index (χ2n) is 5.13. The molecule has 0 radical (unpaired) electrons. The summed E-state index contributed by atoms with van der Waals surface area (Å²) >= 11 is 1.91. The third-order valence-electron chi connectivity index (χ3n) is 3.31. The first-order valence-electron chi connectivity index (χ1n) is 7.10. The molecular weight excluding hydrogens is 256 g/mol. The number of aryl methyl sites for hydroxylation is 1. The normalized spacial score (nSPS) is 11.7. The van der Waals surface area contributed by atoms with E-state index in [1.54, 1.807) is 7.11 Å². The first-order chi connectivity index (χ1) is 9.08. The highest BCUT2D eigenvalue weighted by molar-refractivity contribution is 7.12. The zero-order valence-corrected chi connectivity index (χ0v) is 13.8. The Morgan fingerprint density at radius 1 is 1.42 bits per heavy atom. The van der Waals surface area contributed by atoms with Gasteiger partial charge in [-0.15, -0.1) is 11.3 Å². The first-order valence-corrected chi connectivity index (χ1v) is 7.92. The van der Waals surface area contributed by atoms with Gasteiger partial charge >= 0.3 is 0 Å². The number of ether oxygens (including phenoxy) is 1. The average molecular weight is 284 g/mol. The molecule has 0 unspecified atom stereocenters. The van der Waals surface area contributed by atoms with E-state index >= 15 is 0 Å². The molecule has 0 fully saturated rings. The molecule has 0 aliphatic heterocycles. The van der Waals surface area contributed by atoms with Crippen LogP contribution in [-0.2, 0) is 17.8 Å². The van der Waals surface area contributed by atoms with Crippen molar-refractivity contribution in [1.29, 1.82) is 0 Å². The summed E-state index contributed by atoms with van der Waals surface area (Å²) in [5.41, 5.74) is 1.46. The van der Waals surface area contributed by atoms with E-state index in [9.17, 15) is 0 Å². The van der Waals surface area contributed by atoms with Crippen LogP contribution in [0.3, 0.4) is 0 Å². The van der Waals surface area contributed by atoms with Gasteiger partial charge in [-0.3, -0.25) is 4.90 Å². The van der Waals surface area contributed by atoms with Crippen molar-refractivity contribution in [2.24, 2.45) is 0 Å². The lowest BCUT2D eigenvalue weighted by Gasteiger charge is -2.26. The summed E-state index contributed by atoms with van der Waals surface area (Å²) in [6.07, 6.45) is 0. The average Bonchev–Trinajstić information content (AvgIpc) is 2.72. The van der Waals surface area contributed by atoms with E-state index in [1.807, 2.05) is 11.3 Å². The summed E-state index contributed by atoms with van der Waals surface area (Å²) in [5.74, 6) is 0. The van der Waals surface area contributed by atoms with E-state index in [0.717, 1.165) is 32.8 Å². The van der Waals surface area contributed by atoms with Crippen molar-refractivity contribution in [3.05, 3.63) is 21.4 Å². The monoisotopic (exact) mass is 284 g/mol. The van der Waals surface area contributed by atoms with Crippen LogP contribution in [0.4, 0.5) is 0 Å².